The summed E-state index contributed by atoms with van der Waals surface area (Å²) in [5.41, 5.74) is 0.226. The van der Waals surface area contributed by atoms with Crippen LogP contribution in [0.1, 0.15) is 65.7 Å². The Hall–Kier alpha value is -0.570. The van der Waals surface area contributed by atoms with Crippen molar-refractivity contribution in [2.24, 2.45) is 17.8 Å². The van der Waals surface area contributed by atoms with Crippen LogP contribution in [0.25, 0.3) is 0 Å². The zero-order chi connectivity index (χ0) is 14.3. The van der Waals surface area contributed by atoms with Gasteiger partial charge in [-0.15, -0.1) is 0 Å². The lowest BCUT2D eigenvalue weighted by Gasteiger charge is -2.31. The van der Waals surface area contributed by atoms with Crippen molar-refractivity contribution >= 4 is 5.97 Å². The maximum absolute atomic E-state index is 11.2. The normalized spacial score (nSPS) is 44.8. The van der Waals surface area contributed by atoms with Gasteiger partial charge in [0.15, 0.2) is 0 Å². The largest absolute Gasteiger partial charge is 0.462 e. The lowest BCUT2D eigenvalue weighted by Crippen LogP contribution is -2.28. The third-order valence-corrected chi connectivity index (χ3v) is 5.95. The van der Waals surface area contributed by atoms with E-state index < -0.39 is 0 Å². The van der Waals surface area contributed by atoms with Gasteiger partial charge < -0.3 is 9.47 Å². The number of ether oxygens (including phenoxy) is 2. The molecule has 3 aliphatic rings. The Morgan fingerprint density at radius 3 is 2.90 bits per heavy atom. The van der Waals surface area contributed by atoms with Crippen LogP contribution < -0.4 is 0 Å². The van der Waals surface area contributed by atoms with Crippen LogP contribution in [0, 0.1) is 17.8 Å². The molecule has 20 heavy (non-hydrogen) atoms. The number of hydrogen-bond acceptors (Lipinski definition) is 3. The molecule has 3 nitrogen and oxygen atoms in total. The Balaban J connectivity index is 1.50. The van der Waals surface area contributed by atoms with Gasteiger partial charge in [0.25, 0.3) is 0 Å². The van der Waals surface area contributed by atoms with Gasteiger partial charge in [0.2, 0.25) is 0 Å². The van der Waals surface area contributed by atoms with E-state index in [-0.39, 0.29) is 17.7 Å². The zero-order valence-corrected chi connectivity index (χ0v) is 13.1. The highest BCUT2D eigenvalue weighted by molar-refractivity contribution is 5.66. The maximum Gasteiger partial charge on any atom is 0.302 e. The fraction of sp³-hybridized carbons (Fsp3) is 0.941. The molecule has 0 bridgehead atoms. The van der Waals surface area contributed by atoms with Gasteiger partial charge in [0.1, 0.15) is 6.10 Å². The average Bonchev–Trinajstić information content (AvgIpc) is 2.89. The number of fused-ring (bicyclic) bond motifs is 1. The van der Waals surface area contributed by atoms with Crippen LogP contribution in [-0.4, -0.2) is 23.8 Å². The summed E-state index contributed by atoms with van der Waals surface area (Å²) in [6, 6.07) is 0. The number of carbonyl (C=O) groups is 1. The van der Waals surface area contributed by atoms with Crippen LogP contribution in [0.3, 0.4) is 0 Å². The van der Waals surface area contributed by atoms with Crippen molar-refractivity contribution in [3.63, 3.8) is 0 Å². The third kappa shape index (κ3) is 2.88. The Kier molecular flexibility index (Phi) is 3.83. The topological polar surface area (TPSA) is 38.8 Å². The quantitative estimate of drug-likeness (QED) is 0.582. The highest BCUT2D eigenvalue weighted by Crippen LogP contribution is 2.51. The first-order valence-electron chi connectivity index (χ1n) is 8.33. The van der Waals surface area contributed by atoms with Crippen molar-refractivity contribution < 1.29 is 14.3 Å². The predicted molar refractivity (Wildman–Crippen MR) is 77.3 cm³/mol. The van der Waals surface area contributed by atoms with Crippen LogP contribution in [0.5, 0.6) is 0 Å². The molecule has 1 aliphatic heterocycles. The molecule has 114 valence electrons. The van der Waals surface area contributed by atoms with Gasteiger partial charge in [-0.2, -0.15) is 0 Å². The van der Waals surface area contributed by atoms with E-state index in [1.165, 1.54) is 45.4 Å². The van der Waals surface area contributed by atoms with Crippen LogP contribution in [0.2, 0.25) is 0 Å². The van der Waals surface area contributed by atoms with E-state index in [4.69, 9.17) is 9.47 Å². The van der Waals surface area contributed by atoms with E-state index >= 15 is 0 Å². The molecular weight excluding hydrogens is 252 g/mol. The molecular formula is C17H28O3. The summed E-state index contributed by atoms with van der Waals surface area (Å²) in [4.78, 5) is 11.2. The summed E-state index contributed by atoms with van der Waals surface area (Å²) in [7, 11) is 0. The molecule has 0 aromatic rings. The zero-order valence-electron chi connectivity index (χ0n) is 13.1. The minimum atomic E-state index is -0.116. The number of hydrogen-bond donors (Lipinski definition) is 0. The van der Waals surface area contributed by atoms with Crippen molar-refractivity contribution in [2.45, 2.75) is 83.5 Å². The van der Waals surface area contributed by atoms with Crippen LogP contribution in [0.15, 0.2) is 0 Å². The molecule has 6 atom stereocenters. The molecule has 0 N–H and O–H groups in total. The molecule has 0 amide bonds. The van der Waals surface area contributed by atoms with Crippen LogP contribution >= 0.6 is 0 Å². The first-order valence-corrected chi connectivity index (χ1v) is 8.33. The molecule has 6 unspecified atom stereocenters. The Labute approximate surface area is 122 Å². The molecule has 0 radical (unpaired) electrons. The van der Waals surface area contributed by atoms with Gasteiger partial charge in [0, 0.05) is 6.92 Å². The SMILES string of the molecule is CC(=O)OC1CCCC1CC(C)C1CCC2(C)OC2C1. The Bertz CT molecular complexity index is 380. The third-order valence-electron chi connectivity index (χ3n) is 5.95. The molecule has 2 aliphatic carbocycles. The van der Waals surface area contributed by atoms with Crippen molar-refractivity contribution in [1.29, 1.82) is 0 Å². The molecule has 2 saturated carbocycles. The van der Waals surface area contributed by atoms with E-state index in [1.54, 1.807) is 0 Å². The van der Waals surface area contributed by atoms with E-state index in [0.717, 1.165) is 18.3 Å². The lowest BCUT2D eigenvalue weighted by atomic mass is 9.74. The van der Waals surface area contributed by atoms with Gasteiger partial charge in [-0.25, -0.2) is 0 Å². The molecule has 1 heterocycles. The fourth-order valence-corrected chi connectivity index (χ4v) is 4.50. The molecule has 0 spiro atoms. The Morgan fingerprint density at radius 1 is 1.40 bits per heavy atom. The van der Waals surface area contributed by atoms with E-state index in [1.807, 2.05) is 0 Å². The number of carbonyl (C=O) groups excluding carboxylic acids is 1. The highest BCUT2D eigenvalue weighted by Gasteiger charge is 2.55. The Morgan fingerprint density at radius 2 is 2.20 bits per heavy atom. The lowest BCUT2D eigenvalue weighted by molar-refractivity contribution is -0.148. The number of rotatable bonds is 4. The average molecular weight is 280 g/mol. The second-order valence-electron chi connectivity index (χ2n) is 7.51. The second-order valence-corrected chi connectivity index (χ2v) is 7.51. The van der Waals surface area contributed by atoms with E-state index in [9.17, 15) is 4.79 Å². The smallest absolute Gasteiger partial charge is 0.302 e. The highest BCUT2D eigenvalue weighted by atomic mass is 16.6. The fourth-order valence-electron chi connectivity index (χ4n) is 4.50. The molecule has 1 saturated heterocycles. The predicted octanol–water partition coefficient (Wildman–Crippen LogP) is 3.70. The molecule has 3 heteroatoms. The van der Waals surface area contributed by atoms with E-state index in [2.05, 4.69) is 13.8 Å². The van der Waals surface area contributed by atoms with Crippen LogP contribution in [-0.2, 0) is 14.3 Å². The first kappa shape index (κ1) is 14.4. The summed E-state index contributed by atoms with van der Waals surface area (Å²) in [6.07, 6.45) is 9.19. The molecule has 3 rings (SSSR count). The van der Waals surface area contributed by atoms with Crippen molar-refractivity contribution in [3.05, 3.63) is 0 Å². The van der Waals surface area contributed by atoms with Crippen LogP contribution in [0.4, 0.5) is 0 Å². The minimum Gasteiger partial charge on any atom is -0.462 e. The maximum atomic E-state index is 11.2. The van der Waals surface area contributed by atoms with E-state index in [0.29, 0.717) is 12.0 Å². The van der Waals surface area contributed by atoms with Gasteiger partial charge in [-0.05, 0) is 69.6 Å². The van der Waals surface area contributed by atoms with Crippen molar-refractivity contribution in [3.8, 4) is 0 Å². The summed E-state index contributed by atoms with van der Waals surface area (Å²) in [6.45, 7) is 6.18. The minimum absolute atomic E-state index is 0.116. The van der Waals surface area contributed by atoms with Gasteiger partial charge in [-0.3, -0.25) is 4.79 Å². The van der Waals surface area contributed by atoms with Crippen molar-refractivity contribution in [2.75, 3.05) is 0 Å². The van der Waals surface area contributed by atoms with Gasteiger partial charge in [0.05, 0.1) is 11.7 Å². The monoisotopic (exact) mass is 280 g/mol. The number of epoxide rings is 1. The van der Waals surface area contributed by atoms with Crippen molar-refractivity contribution in [1.82, 2.24) is 0 Å². The first-order chi connectivity index (χ1) is 9.48. The number of esters is 1. The van der Waals surface area contributed by atoms with Gasteiger partial charge in [-0.1, -0.05) is 6.92 Å². The molecule has 0 aromatic carbocycles. The summed E-state index contributed by atoms with van der Waals surface area (Å²) < 4.78 is 11.3. The van der Waals surface area contributed by atoms with Gasteiger partial charge >= 0.3 is 5.97 Å². The second kappa shape index (κ2) is 5.32. The standard InChI is InChI=1S/C17H28O3/c1-11(13-7-8-17(3)16(10-13)20-17)9-14-5-4-6-15(14)19-12(2)18/h11,13-16H,4-10H2,1-3H3. The molecule has 3 fully saturated rings. The molecule has 0 aromatic heterocycles. The summed E-state index contributed by atoms with van der Waals surface area (Å²) >= 11 is 0. The summed E-state index contributed by atoms with van der Waals surface area (Å²) in [5, 5.41) is 0. The summed E-state index contributed by atoms with van der Waals surface area (Å²) in [5.74, 6) is 2.00.